The van der Waals surface area contributed by atoms with Crippen LogP contribution in [-0.2, 0) is 9.51 Å². The minimum Gasteiger partial charge on any atom is -0.469 e. The van der Waals surface area contributed by atoms with E-state index in [1.54, 1.807) is 0 Å². The van der Waals surface area contributed by atoms with Gasteiger partial charge >= 0.3 is 13.0 Å². The summed E-state index contributed by atoms with van der Waals surface area (Å²) in [6.07, 6.45) is 0. The van der Waals surface area contributed by atoms with Gasteiger partial charge in [-0.1, -0.05) is 16.1 Å². The van der Waals surface area contributed by atoms with E-state index in [-0.39, 0.29) is 10.7 Å². The Labute approximate surface area is 95.2 Å². The van der Waals surface area contributed by atoms with Crippen molar-refractivity contribution in [2.24, 2.45) is 0 Å². The first kappa shape index (κ1) is 12.7. The van der Waals surface area contributed by atoms with Crippen LogP contribution in [0.25, 0.3) is 4.98 Å². The van der Waals surface area contributed by atoms with Crippen molar-refractivity contribution in [3.63, 3.8) is 0 Å². The van der Waals surface area contributed by atoms with Gasteiger partial charge in [0.1, 0.15) is 10.8 Å². The number of halogens is 2. The fourth-order valence-electron chi connectivity index (χ4n) is 0.844. The highest BCUT2D eigenvalue weighted by Crippen LogP contribution is 2.28. The van der Waals surface area contributed by atoms with Gasteiger partial charge in [-0.3, -0.25) is 0 Å². The van der Waals surface area contributed by atoms with Crippen molar-refractivity contribution < 1.29 is 23.8 Å². The highest BCUT2D eigenvalue weighted by Gasteiger charge is 2.17. The number of hydrogen-bond donors (Lipinski definition) is 1. The van der Waals surface area contributed by atoms with E-state index < -0.39 is 14.1 Å². The highest BCUT2D eigenvalue weighted by atomic mass is 35.5. The molecule has 0 saturated heterocycles. The molecule has 9 heteroatoms. The Balaban J connectivity index is 2.50. The molecule has 16 heavy (non-hydrogen) atoms. The van der Waals surface area contributed by atoms with Gasteiger partial charge in [0.25, 0.3) is 0 Å². The first-order chi connectivity index (χ1) is 7.67. The summed E-state index contributed by atoms with van der Waals surface area (Å²) in [5, 5.41) is 17.1. The maximum Gasteiger partial charge on any atom is 0.672 e. The van der Waals surface area contributed by atoms with Gasteiger partial charge in [0, 0.05) is 12.1 Å². The zero-order chi connectivity index (χ0) is 12.0. The summed E-state index contributed by atoms with van der Waals surface area (Å²) in [7, 11) is -2.00. The molecule has 1 N–H and O–H groups in total. The van der Waals surface area contributed by atoms with Crippen molar-refractivity contribution in [3.05, 3.63) is 28.2 Å². The lowest BCUT2D eigenvalue weighted by molar-refractivity contribution is -0.0793. The van der Waals surface area contributed by atoms with E-state index in [0.29, 0.717) is 5.75 Å². The Hall–Kier alpha value is -1.40. The van der Waals surface area contributed by atoms with Gasteiger partial charge in [-0.2, -0.15) is 4.86 Å². The monoisotopic (exact) mass is 247 g/mol. The van der Waals surface area contributed by atoms with Crippen molar-refractivity contribution in [2.45, 2.75) is 0 Å². The average Bonchev–Trinajstić information content (AvgIpc) is 2.29. The van der Waals surface area contributed by atoms with Crippen LogP contribution in [0.1, 0.15) is 0 Å². The molecule has 0 fully saturated rings. The van der Waals surface area contributed by atoms with Crippen LogP contribution in [-0.4, -0.2) is 19.1 Å². The Morgan fingerprint density at radius 2 is 2.31 bits per heavy atom. The first-order valence-electron chi connectivity index (χ1n) is 4.02. The summed E-state index contributed by atoms with van der Waals surface area (Å²) in [6, 6.07) is 4.22. The van der Waals surface area contributed by atoms with E-state index in [4.69, 9.17) is 26.8 Å². The zero-order valence-electron chi connectivity index (χ0n) is 7.84. The number of benzene rings is 1. The Kier molecular flexibility index (Phi) is 4.95. The van der Waals surface area contributed by atoms with E-state index in [0.717, 1.165) is 0 Å². The van der Waals surface area contributed by atoms with Gasteiger partial charge in [-0.25, -0.2) is 0 Å². The molecule has 0 atom stereocenters. The van der Waals surface area contributed by atoms with E-state index in [9.17, 15) is 4.53 Å². The maximum atomic E-state index is 11.3. The van der Waals surface area contributed by atoms with E-state index in [2.05, 4.69) is 14.5 Å². The van der Waals surface area contributed by atoms with E-state index in [1.807, 2.05) is 0 Å². The summed E-state index contributed by atoms with van der Waals surface area (Å²) >= 11 is 5.69. The molecular formula is C7H6BClFN2O4+. The third-order valence-electron chi connectivity index (χ3n) is 1.54. The lowest BCUT2D eigenvalue weighted by Crippen LogP contribution is -2.21. The number of nitrogens with zero attached hydrogens (tertiary/aromatic N) is 2. The summed E-state index contributed by atoms with van der Waals surface area (Å²) in [4.78, 5) is 5.83. The SMILES string of the molecule is N#[N+]c1ccc(OCOB(O)OF)cc1Cl. The Morgan fingerprint density at radius 3 is 2.88 bits per heavy atom. The zero-order valence-corrected chi connectivity index (χ0v) is 8.59. The second-order valence-corrected chi connectivity index (χ2v) is 2.95. The van der Waals surface area contributed by atoms with Crippen molar-refractivity contribution in [1.29, 1.82) is 5.39 Å². The minimum absolute atomic E-state index is 0.169. The van der Waals surface area contributed by atoms with Crippen LogP contribution in [0.4, 0.5) is 10.2 Å². The number of ether oxygens (including phenoxy) is 1. The first-order valence-corrected chi connectivity index (χ1v) is 4.39. The van der Waals surface area contributed by atoms with Crippen LogP contribution in [0.5, 0.6) is 5.75 Å². The fraction of sp³-hybridized carbons (Fsp3) is 0.143. The molecule has 0 aliphatic heterocycles. The van der Waals surface area contributed by atoms with Gasteiger partial charge in [0.05, 0.1) is 0 Å². The van der Waals surface area contributed by atoms with Crippen molar-refractivity contribution in [3.8, 4) is 5.75 Å². The largest absolute Gasteiger partial charge is 0.672 e. The van der Waals surface area contributed by atoms with Gasteiger partial charge in [-0.05, 0) is 6.07 Å². The van der Waals surface area contributed by atoms with Crippen molar-refractivity contribution in [2.75, 3.05) is 6.79 Å². The predicted molar refractivity (Wildman–Crippen MR) is 52.9 cm³/mol. The van der Waals surface area contributed by atoms with Gasteiger partial charge in [-0.15, -0.1) is 0 Å². The molecule has 1 rings (SSSR count). The van der Waals surface area contributed by atoms with Crippen LogP contribution in [0.2, 0.25) is 5.02 Å². The standard InChI is InChI=1S/C7H6BClFN2O4/c9-6-3-5(1-2-7(6)12-11)14-4-15-8(13)16-10/h1-3,13H,4H2/q+1. The molecule has 6 nitrogen and oxygen atoms in total. The maximum absolute atomic E-state index is 11.3. The van der Waals surface area contributed by atoms with Crippen molar-refractivity contribution in [1.82, 2.24) is 0 Å². The van der Waals surface area contributed by atoms with Gasteiger partial charge in [0.2, 0.25) is 5.39 Å². The smallest absolute Gasteiger partial charge is 0.469 e. The Morgan fingerprint density at radius 1 is 1.56 bits per heavy atom. The molecule has 84 valence electrons. The number of rotatable bonds is 5. The second-order valence-electron chi connectivity index (χ2n) is 2.54. The molecule has 0 radical (unpaired) electrons. The molecule has 0 aliphatic carbocycles. The summed E-state index contributed by atoms with van der Waals surface area (Å²) in [6.45, 7) is -0.434. The molecule has 1 aromatic carbocycles. The van der Waals surface area contributed by atoms with Crippen LogP contribution >= 0.6 is 11.6 Å². The summed E-state index contributed by atoms with van der Waals surface area (Å²) < 4.78 is 20.5. The fourth-order valence-corrected chi connectivity index (χ4v) is 1.05. The molecule has 0 saturated carbocycles. The predicted octanol–water partition coefficient (Wildman–Crippen LogP) is 2.06. The lowest BCUT2D eigenvalue weighted by atomic mass is 10.3. The molecule has 0 aromatic heterocycles. The molecule has 0 aliphatic rings. The van der Waals surface area contributed by atoms with Crippen LogP contribution in [0.3, 0.4) is 0 Å². The molecule has 0 amide bonds. The molecule has 0 bridgehead atoms. The van der Waals surface area contributed by atoms with Crippen LogP contribution in [0, 0.1) is 5.39 Å². The molecule has 1 aromatic rings. The van der Waals surface area contributed by atoms with Crippen LogP contribution in [0.15, 0.2) is 18.2 Å². The normalized spacial score (nSPS) is 9.62. The van der Waals surface area contributed by atoms with Gasteiger partial charge in [0.15, 0.2) is 11.8 Å². The van der Waals surface area contributed by atoms with Gasteiger partial charge < -0.3 is 14.4 Å². The van der Waals surface area contributed by atoms with Crippen LogP contribution < -0.4 is 4.74 Å². The lowest BCUT2D eigenvalue weighted by Gasteiger charge is -2.06. The second kappa shape index (κ2) is 6.24. The van der Waals surface area contributed by atoms with E-state index in [1.165, 1.54) is 18.2 Å². The third-order valence-corrected chi connectivity index (χ3v) is 1.84. The minimum atomic E-state index is -2.00. The average molecular weight is 247 g/mol. The molecule has 0 unspecified atom stereocenters. The number of hydrogen-bond acceptors (Lipinski definition) is 5. The topological polar surface area (TPSA) is 76.1 Å². The molecule has 0 heterocycles. The third kappa shape index (κ3) is 3.64. The quantitative estimate of drug-likeness (QED) is 0.489. The highest BCUT2D eigenvalue weighted by molar-refractivity contribution is 6.34. The summed E-state index contributed by atoms with van der Waals surface area (Å²) in [5.74, 6) is 0.295. The van der Waals surface area contributed by atoms with E-state index >= 15 is 0 Å². The number of diazo groups is 1. The summed E-state index contributed by atoms with van der Waals surface area (Å²) in [5.41, 5.74) is 0.182. The Bertz CT molecular complexity index is 402. The molecular weight excluding hydrogens is 241 g/mol. The molecule has 0 spiro atoms. The van der Waals surface area contributed by atoms with Crippen molar-refractivity contribution >= 4 is 24.6 Å².